The van der Waals surface area contributed by atoms with Gasteiger partial charge in [0.15, 0.2) is 12.2 Å². The van der Waals surface area contributed by atoms with E-state index in [0.717, 1.165) is 59.7 Å². The fraction of sp³-hybridized carbons (Fsp3) is 0.257. The zero-order valence-corrected chi connectivity index (χ0v) is 21.9. The molecule has 0 unspecified atom stereocenters. The third-order valence-electron chi connectivity index (χ3n) is 8.38. The number of benzene rings is 4. The molecular formula is C35H32N2O2. The second kappa shape index (κ2) is 10.2. The molecule has 194 valence electrons. The summed E-state index contributed by atoms with van der Waals surface area (Å²) in [6.45, 7) is 0. The van der Waals surface area contributed by atoms with Crippen molar-refractivity contribution in [3.8, 4) is 0 Å². The van der Waals surface area contributed by atoms with E-state index in [-0.39, 0.29) is 24.3 Å². The van der Waals surface area contributed by atoms with E-state index in [0.29, 0.717) is 0 Å². The van der Waals surface area contributed by atoms with Crippen molar-refractivity contribution in [3.63, 3.8) is 0 Å². The molecule has 0 N–H and O–H groups in total. The predicted octanol–water partition coefficient (Wildman–Crippen LogP) is 8.37. The van der Waals surface area contributed by atoms with Gasteiger partial charge in [-0.15, -0.1) is 0 Å². The Morgan fingerprint density at radius 1 is 0.462 bits per heavy atom. The van der Waals surface area contributed by atoms with Gasteiger partial charge in [0.25, 0.3) is 0 Å². The molecule has 4 aromatic rings. The highest BCUT2D eigenvalue weighted by atomic mass is 16.5. The second-order valence-electron chi connectivity index (χ2n) is 10.8. The zero-order valence-electron chi connectivity index (χ0n) is 21.9. The summed E-state index contributed by atoms with van der Waals surface area (Å²) in [6, 6.07) is 41.7. The van der Waals surface area contributed by atoms with Crippen LogP contribution in [0.2, 0.25) is 0 Å². The van der Waals surface area contributed by atoms with Crippen molar-refractivity contribution in [2.45, 2.75) is 50.0 Å². The molecule has 2 heterocycles. The summed E-state index contributed by atoms with van der Waals surface area (Å²) in [5.41, 5.74) is 4.14. The third-order valence-corrected chi connectivity index (χ3v) is 8.38. The van der Waals surface area contributed by atoms with Crippen molar-refractivity contribution < 1.29 is 9.47 Å². The molecule has 0 radical (unpaired) electrons. The summed E-state index contributed by atoms with van der Waals surface area (Å²) in [5.74, 6) is 1.56. The van der Waals surface area contributed by atoms with E-state index >= 15 is 0 Å². The van der Waals surface area contributed by atoms with Gasteiger partial charge in [0.1, 0.15) is 17.5 Å². The highest BCUT2D eigenvalue weighted by Gasteiger charge is 2.54. The first-order valence-electron chi connectivity index (χ1n) is 14.0. The van der Waals surface area contributed by atoms with Crippen molar-refractivity contribution in [2.75, 3.05) is 0 Å². The molecule has 0 saturated heterocycles. The lowest BCUT2D eigenvalue weighted by Gasteiger charge is -2.29. The monoisotopic (exact) mass is 512 g/mol. The van der Waals surface area contributed by atoms with E-state index in [1.807, 2.05) is 12.1 Å². The molecule has 0 spiro atoms. The number of hydrogen-bond donors (Lipinski definition) is 0. The van der Waals surface area contributed by atoms with E-state index in [9.17, 15) is 0 Å². The summed E-state index contributed by atoms with van der Waals surface area (Å²) >= 11 is 0. The quantitative estimate of drug-likeness (QED) is 0.260. The standard InChI is InChI=1S/C35H32N2O2/c1-5-15-25(16-6-1)29-31(27-19-9-3-10-20-27)38-33(36-29)35(23-13-14-24-35)34-37-30(26-17-7-2-8-18-26)32(39-34)28-21-11-4-12-22-28/h1-12,15-22,29-32H,13-14,23-24H2/t29-,30-,31+,32+/m0/s1. The smallest absolute Gasteiger partial charge is 0.200 e. The Labute approximate surface area is 230 Å². The molecule has 7 rings (SSSR count). The van der Waals surface area contributed by atoms with Gasteiger partial charge in [-0.1, -0.05) is 134 Å². The molecule has 0 bridgehead atoms. The first-order chi connectivity index (χ1) is 19.3. The minimum atomic E-state index is -0.451. The van der Waals surface area contributed by atoms with Crippen molar-refractivity contribution in [3.05, 3.63) is 144 Å². The van der Waals surface area contributed by atoms with Crippen LogP contribution in [0.3, 0.4) is 0 Å². The lowest BCUT2D eigenvalue weighted by Crippen LogP contribution is -2.38. The minimum absolute atomic E-state index is 0.113. The maximum Gasteiger partial charge on any atom is 0.200 e. The zero-order chi connectivity index (χ0) is 26.1. The summed E-state index contributed by atoms with van der Waals surface area (Å²) in [4.78, 5) is 10.7. The Kier molecular flexibility index (Phi) is 6.24. The molecule has 3 aliphatic rings. The van der Waals surface area contributed by atoms with Gasteiger partial charge in [0.2, 0.25) is 11.8 Å². The Morgan fingerprint density at radius 3 is 1.15 bits per heavy atom. The average Bonchev–Trinajstić information content (AvgIpc) is 3.78. The topological polar surface area (TPSA) is 43.2 Å². The molecule has 2 aliphatic heterocycles. The minimum Gasteiger partial charge on any atom is -0.469 e. The van der Waals surface area contributed by atoms with Crippen LogP contribution in [-0.4, -0.2) is 11.8 Å². The highest BCUT2D eigenvalue weighted by molar-refractivity contribution is 6.07. The predicted molar refractivity (Wildman–Crippen MR) is 155 cm³/mol. The van der Waals surface area contributed by atoms with Crippen LogP contribution < -0.4 is 0 Å². The Balaban J connectivity index is 1.31. The maximum atomic E-state index is 6.89. The lowest BCUT2D eigenvalue weighted by atomic mass is 9.85. The van der Waals surface area contributed by atoms with E-state index in [1.165, 1.54) is 0 Å². The summed E-state index contributed by atoms with van der Waals surface area (Å²) in [6.07, 6.45) is 3.69. The molecule has 0 aromatic heterocycles. The van der Waals surface area contributed by atoms with Crippen molar-refractivity contribution >= 4 is 11.8 Å². The molecule has 39 heavy (non-hydrogen) atoms. The molecule has 1 saturated carbocycles. The highest BCUT2D eigenvalue weighted by Crippen LogP contribution is 2.53. The average molecular weight is 513 g/mol. The second-order valence-corrected chi connectivity index (χ2v) is 10.8. The molecule has 1 aliphatic carbocycles. The van der Waals surface area contributed by atoms with Gasteiger partial charge in [-0.05, 0) is 35.1 Å². The van der Waals surface area contributed by atoms with Gasteiger partial charge in [-0.2, -0.15) is 0 Å². The van der Waals surface area contributed by atoms with Crippen LogP contribution >= 0.6 is 0 Å². The molecule has 4 aromatic carbocycles. The van der Waals surface area contributed by atoms with E-state index < -0.39 is 5.41 Å². The van der Waals surface area contributed by atoms with Crippen LogP contribution in [0.15, 0.2) is 131 Å². The molecule has 1 fully saturated rings. The summed E-state index contributed by atoms with van der Waals surface area (Å²) in [7, 11) is 0. The largest absolute Gasteiger partial charge is 0.469 e. The Morgan fingerprint density at radius 2 is 0.795 bits per heavy atom. The first kappa shape index (κ1) is 23.9. The van der Waals surface area contributed by atoms with Gasteiger partial charge in [-0.25, -0.2) is 9.98 Å². The van der Waals surface area contributed by atoms with Gasteiger partial charge in [0, 0.05) is 0 Å². The third kappa shape index (κ3) is 4.34. The molecule has 0 amide bonds. The number of ether oxygens (including phenoxy) is 2. The van der Waals surface area contributed by atoms with Crippen molar-refractivity contribution in [1.29, 1.82) is 0 Å². The van der Waals surface area contributed by atoms with Gasteiger partial charge in [-0.3, -0.25) is 0 Å². The summed E-state index contributed by atoms with van der Waals surface area (Å²) in [5, 5.41) is 0. The fourth-order valence-electron chi connectivity index (χ4n) is 6.37. The molecular weight excluding hydrogens is 480 g/mol. The summed E-state index contributed by atoms with van der Waals surface area (Å²) < 4.78 is 13.8. The van der Waals surface area contributed by atoms with Crippen LogP contribution in [0.1, 0.15) is 72.2 Å². The number of aliphatic imine (C=N–C) groups is 2. The van der Waals surface area contributed by atoms with Crippen LogP contribution in [0.5, 0.6) is 0 Å². The Bertz CT molecular complexity index is 1350. The van der Waals surface area contributed by atoms with E-state index in [4.69, 9.17) is 19.5 Å². The molecule has 4 nitrogen and oxygen atoms in total. The first-order valence-corrected chi connectivity index (χ1v) is 14.0. The van der Waals surface area contributed by atoms with Crippen LogP contribution in [-0.2, 0) is 9.47 Å². The van der Waals surface area contributed by atoms with E-state index in [2.05, 4.69) is 109 Å². The Hall–Kier alpha value is -4.18. The van der Waals surface area contributed by atoms with Crippen molar-refractivity contribution in [2.24, 2.45) is 15.4 Å². The van der Waals surface area contributed by atoms with Gasteiger partial charge in [0.05, 0.1) is 0 Å². The SMILES string of the molecule is c1ccc([C@H]2OC(C3(C4=N[C@@H](c5ccccc5)[C@@H](c5ccccc5)O4)CCCC3)=N[C@H]2c2ccccc2)cc1. The normalized spacial score (nSPS) is 25.4. The van der Waals surface area contributed by atoms with Crippen molar-refractivity contribution in [1.82, 2.24) is 0 Å². The van der Waals surface area contributed by atoms with Gasteiger partial charge >= 0.3 is 0 Å². The van der Waals surface area contributed by atoms with Crippen LogP contribution in [0, 0.1) is 5.41 Å². The molecule has 4 atom stereocenters. The van der Waals surface area contributed by atoms with Crippen LogP contribution in [0.4, 0.5) is 0 Å². The van der Waals surface area contributed by atoms with Gasteiger partial charge < -0.3 is 9.47 Å². The van der Waals surface area contributed by atoms with Crippen LogP contribution in [0.25, 0.3) is 0 Å². The maximum absolute atomic E-state index is 6.89. The number of hydrogen-bond acceptors (Lipinski definition) is 4. The number of rotatable bonds is 6. The lowest BCUT2D eigenvalue weighted by molar-refractivity contribution is 0.156. The molecule has 4 heteroatoms. The van der Waals surface area contributed by atoms with E-state index in [1.54, 1.807) is 0 Å². The number of nitrogens with zero attached hydrogens (tertiary/aromatic N) is 2. The fourth-order valence-corrected chi connectivity index (χ4v) is 6.37.